The van der Waals surface area contributed by atoms with Crippen LogP contribution in [-0.4, -0.2) is 21.7 Å². The number of carbonyl (C=O) groups excluding carboxylic acids is 2. The molecule has 1 aliphatic rings. The molecular formula is C24H25N3O3. The largest absolute Gasteiger partial charge is 0.407 e. The Bertz CT molecular complexity index is 1070. The van der Waals surface area contributed by atoms with E-state index in [2.05, 4.69) is 19.2 Å². The third kappa shape index (κ3) is 4.13. The third-order valence-corrected chi connectivity index (χ3v) is 5.05. The molecule has 3 aromatic rings. The van der Waals surface area contributed by atoms with Crippen LogP contribution in [0.15, 0.2) is 54.6 Å². The minimum Gasteiger partial charge on any atom is -0.407 e. The van der Waals surface area contributed by atoms with E-state index in [-0.39, 0.29) is 17.7 Å². The number of esters is 1. The summed E-state index contributed by atoms with van der Waals surface area (Å²) in [6.45, 7) is 5.50. The first kappa shape index (κ1) is 19.9. The van der Waals surface area contributed by atoms with Crippen LogP contribution in [0.3, 0.4) is 0 Å². The lowest BCUT2D eigenvalue weighted by atomic mass is 9.99. The predicted octanol–water partition coefficient (Wildman–Crippen LogP) is 4.94. The van der Waals surface area contributed by atoms with Gasteiger partial charge in [-0.15, -0.1) is 0 Å². The minimum absolute atomic E-state index is 0.0723. The molecule has 0 atom stereocenters. The second kappa shape index (κ2) is 8.14. The molecule has 1 amide bonds. The van der Waals surface area contributed by atoms with Gasteiger partial charge in [-0.2, -0.15) is 9.78 Å². The first-order valence-electron chi connectivity index (χ1n) is 10.2. The van der Waals surface area contributed by atoms with E-state index in [9.17, 15) is 9.59 Å². The Morgan fingerprint density at radius 1 is 1.07 bits per heavy atom. The normalized spacial score (nSPS) is 13.3. The zero-order chi connectivity index (χ0) is 21.3. The topological polar surface area (TPSA) is 73.2 Å². The number of amides is 1. The molecule has 1 aromatic heterocycles. The Hall–Kier alpha value is -3.41. The highest BCUT2D eigenvalue weighted by Crippen LogP contribution is 2.39. The number of hydrogen-bond donors (Lipinski definition) is 1. The molecule has 4 rings (SSSR count). The van der Waals surface area contributed by atoms with Gasteiger partial charge in [0.2, 0.25) is 11.8 Å². The zero-order valence-corrected chi connectivity index (χ0v) is 17.4. The molecule has 2 aromatic carbocycles. The van der Waals surface area contributed by atoms with Crippen LogP contribution in [0.1, 0.15) is 45.2 Å². The second-order valence-electron chi connectivity index (χ2n) is 7.90. The van der Waals surface area contributed by atoms with Crippen LogP contribution in [0.25, 0.3) is 16.8 Å². The molecule has 0 bridgehead atoms. The molecule has 1 N–H and O–H groups in total. The summed E-state index contributed by atoms with van der Waals surface area (Å²) in [7, 11) is 0. The number of benzene rings is 2. The lowest BCUT2D eigenvalue weighted by Gasteiger charge is -2.11. The zero-order valence-electron chi connectivity index (χ0n) is 17.4. The first-order valence-corrected chi connectivity index (χ1v) is 10.2. The molecule has 0 radical (unpaired) electrons. The van der Waals surface area contributed by atoms with E-state index in [0.29, 0.717) is 5.88 Å². The van der Waals surface area contributed by atoms with E-state index >= 15 is 0 Å². The van der Waals surface area contributed by atoms with E-state index in [0.717, 1.165) is 41.0 Å². The average molecular weight is 403 g/mol. The van der Waals surface area contributed by atoms with Crippen LogP contribution in [0.5, 0.6) is 5.88 Å². The second-order valence-corrected chi connectivity index (χ2v) is 7.90. The number of carbonyl (C=O) groups is 2. The molecule has 6 nitrogen and oxygen atoms in total. The summed E-state index contributed by atoms with van der Waals surface area (Å²) in [4.78, 5) is 23.9. The molecule has 1 aliphatic carbocycles. The summed E-state index contributed by atoms with van der Waals surface area (Å²) in [5, 5.41) is 7.73. The highest BCUT2D eigenvalue weighted by Gasteiger charge is 2.29. The Labute approximate surface area is 175 Å². The molecule has 1 heterocycles. The van der Waals surface area contributed by atoms with Crippen LogP contribution < -0.4 is 10.1 Å². The molecule has 0 spiro atoms. The van der Waals surface area contributed by atoms with Crippen LogP contribution in [0.4, 0.5) is 5.69 Å². The fourth-order valence-electron chi connectivity index (χ4n) is 3.38. The van der Waals surface area contributed by atoms with Crippen molar-refractivity contribution in [3.05, 3.63) is 60.3 Å². The van der Waals surface area contributed by atoms with Crippen molar-refractivity contribution in [2.45, 2.75) is 39.5 Å². The van der Waals surface area contributed by atoms with Gasteiger partial charge in [-0.25, -0.2) is 0 Å². The van der Waals surface area contributed by atoms with Gasteiger partial charge < -0.3 is 10.1 Å². The molecule has 0 saturated heterocycles. The van der Waals surface area contributed by atoms with Crippen LogP contribution >= 0.6 is 0 Å². The SMILES string of the molecule is CC(=O)Oc1c(-c2ccc(NC(=O)C3CC3)cc2)c(C(C)C)nn1-c1ccccc1. The number of nitrogens with one attached hydrogen (secondary N) is 1. The van der Waals surface area contributed by atoms with Gasteiger partial charge in [0.1, 0.15) is 0 Å². The van der Waals surface area contributed by atoms with Crippen LogP contribution in [0.2, 0.25) is 0 Å². The fourth-order valence-corrected chi connectivity index (χ4v) is 3.38. The smallest absolute Gasteiger partial charge is 0.309 e. The summed E-state index contributed by atoms with van der Waals surface area (Å²) < 4.78 is 7.32. The van der Waals surface area contributed by atoms with Crippen LogP contribution in [-0.2, 0) is 9.59 Å². The highest BCUT2D eigenvalue weighted by atomic mass is 16.5. The van der Waals surface area contributed by atoms with Crippen molar-refractivity contribution in [3.63, 3.8) is 0 Å². The maximum Gasteiger partial charge on any atom is 0.309 e. The monoisotopic (exact) mass is 403 g/mol. The Kier molecular flexibility index (Phi) is 5.40. The number of hydrogen-bond acceptors (Lipinski definition) is 4. The number of para-hydroxylation sites is 1. The van der Waals surface area contributed by atoms with E-state index in [1.54, 1.807) is 4.68 Å². The van der Waals surface area contributed by atoms with E-state index in [1.807, 2.05) is 54.6 Å². The number of ether oxygens (including phenoxy) is 1. The molecule has 6 heteroatoms. The van der Waals surface area contributed by atoms with E-state index in [4.69, 9.17) is 9.84 Å². The summed E-state index contributed by atoms with van der Waals surface area (Å²) in [6.07, 6.45) is 1.93. The molecule has 0 aliphatic heterocycles. The summed E-state index contributed by atoms with van der Waals surface area (Å²) in [6, 6.07) is 17.2. The van der Waals surface area contributed by atoms with Crippen molar-refractivity contribution in [2.75, 3.05) is 5.32 Å². The Morgan fingerprint density at radius 2 is 1.73 bits per heavy atom. The van der Waals surface area contributed by atoms with Crippen molar-refractivity contribution in [1.29, 1.82) is 0 Å². The van der Waals surface area contributed by atoms with Gasteiger partial charge in [0, 0.05) is 18.5 Å². The lowest BCUT2D eigenvalue weighted by molar-refractivity contribution is -0.132. The number of anilines is 1. The van der Waals surface area contributed by atoms with Gasteiger partial charge in [-0.05, 0) is 48.6 Å². The lowest BCUT2D eigenvalue weighted by Crippen LogP contribution is -2.13. The molecule has 0 unspecified atom stereocenters. The number of rotatable bonds is 6. The van der Waals surface area contributed by atoms with Crippen molar-refractivity contribution in [3.8, 4) is 22.7 Å². The molecule has 30 heavy (non-hydrogen) atoms. The maximum absolute atomic E-state index is 12.0. The number of aromatic nitrogens is 2. The van der Waals surface area contributed by atoms with Gasteiger partial charge in [0.15, 0.2) is 0 Å². The Balaban J connectivity index is 1.78. The summed E-state index contributed by atoms with van der Waals surface area (Å²) >= 11 is 0. The van der Waals surface area contributed by atoms with E-state index in [1.165, 1.54) is 6.92 Å². The van der Waals surface area contributed by atoms with Gasteiger partial charge in [-0.3, -0.25) is 9.59 Å². The predicted molar refractivity (Wildman–Crippen MR) is 116 cm³/mol. The Morgan fingerprint density at radius 3 is 2.30 bits per heavy atom. The quantitative estimate of drug-likeness (QED) is 0.592. The van der Waals surface area contributed by atoms with Gasteiger partial charge >= 0.3 is 5.97 Å². The van der Waals surface area contributed by atoms with Crippen molar-refractivity contribution in [1.82, 2.24) is 9.78 Å². The van der Waals surface area contributed by atoms with Crippen molar-refractivity contribution < 1.29 is 14.3 Å². The number of nitrogens with zero attached hydrogens (tertiary/aromatic N) is 2. The molecule has 1 fully saturated rings. The summed E-state index contributed by atoms with van der Waals surface area (Å²) in [5.74, 6) is 0.331. The summed E-state index contributed by atoms with van der Waals surface area (Å²) in [5.41, 5.74) is 4.07. The van der Waals surface area contributed by atoms with E-state index < -0.39 is 5.97 Å². The molecular weight excluding hydrogens is 378 g/mol. The fraction of sp³-hybridized carbons (Fsp3) is 0.292. The maximum atomic E-state index is 12.0. The van der Waals surface area contributed by atoms with Crippen molar-refractivity contribution in [2.24, 2.45) is 5.92 Å². The van der Waals surface area contributed by atoms with Gasteiger partial charge in [0.25, 0.3) is 0 Å². The molecule has 1 saturated carbocycles. The minimum atomic E-state index is -0.406. The van der Waals surface area contributed by atoms with Gasteiger partial charge in [0.05, 0.1) is 16.9 Å². The average Bonchev–Trinajstić information content (AvgIpc) is 3.51. The first-order chi connectivity index (χ1) is 14.4. The van der Waals surface area contributed by atoms with Crippen LogP contribution in [0, 0.1) is 5.92 Å². The van der Waals surface area contributed by atoms with Gasteiger partial charge in [-0.1, -0.05) is 44.2 Å². The third-order valence-electron chi connectivity index (χ3n) is 5.05. The highest BCUT2D eigenvalue weighted by molar-refractivity contribution is 5.94. The standard InChI is InChI=1S/C24H25N3O3/c1-15(2)22-21(17-11-13-19(14-12-17)25-23(29)18-9-10-18)24(30-16(3)28)27(26-22)20-7-5-4-6-8-20/h4-8,11-15,18H,9-10H2,1-3H3,(H,25,29). The van der Waals surface area contributed by atoms with Crippen molar-refractivity contribution >= 4 is 17.6 Å². The molecule has 154 valence electrons.